The molecule has 2 fully saturated rings. The lowest BCUT2D eigenvalue weighted by Crippen LogP contribution is -2.37. The van der Waals surface area contributed by atoms with Gasteiger partial charge in [-0.15, -0.1) is 12.4 Å². The number of piperidine rings is 2. The van der Waals surface area contributed by atoms with Crippen molar-refractivity contribution in [1.82, 2.24) is 10.2 Å². The molecule has 0 saturated carbocycles. The normalized spacial score (nSPS) is 18.9. The van der Waals surface area contributed by atoms with Crippen LogP contribution < -0.4 is 5.32 Å². The molecule has 4 rings (SSSR count). The zero-order valence-electron chi connectivity index (χ0n) is 34.1. The zero-order chi connectivity index (χ0) is 39.9. The Morgan fingerprint density at radius 1 is 0.783 bits per heavy atom. The van der Waals surface area contributed by atoms with Crippen molar-refractivity contribution in [3.8, 4) is 0 Å². The summed E-state index contributed by atoms with van der Waals surface area (Å²) in [6, 6.07) is 16.0. The quantitative estimate of drug-likeness (QED) is 0.163. The molecule has 0 unspecified atom stereocenters. The number of nitrogens with zero attached hydrogens (tertiary/aromatic N) is 1. The van der Waals surface area contributed by atoms with Crippen LogP contribution in [0.1, 0.15) is 84.0 Å². The van der Waals surface area contributed by atoms with Crippen molar-refractivity contribution >= 4 is 47.1 Å². The Hall–Kier alpha value is -3.46. The van der Waals surface area contributed by atoms with Crippen molar-refractivity contribution in [1.29, 1.82) is 0 Å². The minimum absolute atomic E-state index is 0. The first-order valence-electron chi connectivity index (χ1n) is 18.8. The van der Waals surface area contributed by atoms with Gasteiger partial charge >= 0.3 is 11.9 Å². The van der Waals surface area contributed by atoms with E-state index in [1.807, 2.05) is 0 Å². The standard InChI is InChI=1S/C18H23NO3.C14H19NO2.C4H5ClO.ClH/c1-2-6-17(20)19-12-9-15(10-13-19)11-14-22-18(21)16-7-4-3-5-8-16;16-14(13-4-2-1-3-5-13)17-11-8-12-6-9-15-10-7-12;1-2-3-4(5)6;/h2-8,15H,9-14H2,1H3;1-5,12,15H,6-11H2;2-3H,1H3;1H/b6-2+;;3-2+;/i11D2,14D2;8D2,11D2;;. The van der Waals surface area contributed by atoms with Crippen LogP contribution in [0, 0.1) is 11.8 Å². The maximum atomic E-state index is 12.1. The Labute approximate surface area is 296 Å². The van der Waals surface area contributed by atoms with Gasteiger partial charge in [-0.2, -0.15) is 0 Å². The first kappa shape index (κ1) is 28.7. The molecule has 46 heavy (non-hydrogen) atoms. The molecule has 0 aromatic heterocycles. The molecule has 10 heteroatoms. The number of ether oxygens (including phenoxy) is 2. The van der Waals surface area contributed by atoms with Crippen LogP contribution in [0.2, 0.25) is 0 Å². The van der Waals surface area contributed by atoms with Crippen molar-refractivity contribution in [3.63, 3.8) is 0 Å². The number of nitrogens with one attached hydrogen (secondary N) is 1. The van der Waals surface area contributed by atoms with Gasteiger partial charge in [-0.3, -0.25) is 9.59 Å². The fourth-order valence-electron chi connectivity index (χ4n) is 4.17. The van der Waals surface area contributed by atoms with Gasteiger partial charge in [0.25, 0.3) is 0 Å². The molecule has 0 aliphatic carbocycles. The highest BCUT2D eigenvalue weighted by Gasteiger charge is 2.21. The average Bonchev–Trinajstić information content (AvgIpc) is 3.13. The predicted octanol–water partition coefficient (Wildman–Crippen LogP) is 7.03. The fourth-order valence-corrected chi connectivity index (χ4v) is 4.30. The van der Waals surface area contributed by atoms with Gasteiger partial charge in [-0.25, -0.2) is 9.59 Å². The van der Waals surface area contributed by atoms with E-state index in [9.17, 15) is 19.2 Å². The van der Waals surface area contributed by atoms with E-state index >= 15 is 0 Å². The molecular weight excluding hydrogens is 627 g/mol. The summed E-state index contributed by atoms with van der Waals surface area (Å²) in [5.41, 5.74) is 0.376. The number of hydrogen-bond acceptors (Lipinski definition) is 7. The number of rotatable bonds is 10. The number of likely N-dealkylation sites (tertiary alicyclic amines) is 1. The van der Waals surface area contributed by atoms with Crippen LogP contribution in [-0.2, 0) is 19.1 Å². The summed E-state index contributed by atoms with van der Waals surface area (Å²) in [5.74, 6) is -3.02. The molecule has 0 bridgehead atoms. The van der Waals surface area contributed by atoms with Gasteiger partial charge in [0.2, 0.25) is 11.1 Å². The van der Waals surface area contributed by atoms with Gasteiger partial charge in [0, 0.05) is 18.6 Å². The van der Waals surface area contributed by atoms with Crippen LogP contribution in [0.4, 0.5) is 0 Å². The van der Waals surface area contributed by atoms with Crippen molar-refractivity contribution in [2.75, 3.05) is 39.3 Å². The van der Waals surface area contributed by atoms with Crippen LogP contribution in [0.3, 0.4) is 0 Å². The first-order valence-corrected chi connectivity index (χ1v) is 15.2. The lowest BCUT2D eigenvalue weighted by Gasteiger charge is -2.31. The SMILES string of the molecule is C/C=C/C(=O)Cl.Cl.[2H]C([2H])(OC(=O)c1ccccc1)C([2H])([2H])C1CCN(C(=O)/C=C/C)CC1.[2H]C([2H])(OC(=O)c1ccccc1)C([2H])([2H])C1CCNCC1. The number of carbonyl (C=O) groups excluding carboxylic acids is 4. The molecule has 2 heterocycles. The Kier molecular flexibility index (Phi) is 15.5. The van der Waals surface area contributed by atoms with Crippen LogP contribution in [-0.4, -0.2) is 67.3 Å². The van der Waals surface area contributed by atoms with Gasteiger partial charge in [0.15, 0.2) is 0 Å². The zero-order valence-corrected chi connectivity index (χ0v) is 27.6. The van der Waals surface area contributed by atoms with E-state index < -0.39 is 54.9 Å². The number of amides is 1. The molecule has 2 aromatic carbocycles. The molecule has 252 valence electrons. The number of carbonyl (C=O) groups is 4. The molecule has 2 aliphatic rings. The number of halogens is 2. The van der Waals surface area contributed by atoms with Gasteiger partial charge in [0.1, 0.15) is 0 Å². The number of allylic oxidation sites excluding steroid dienone is 3. The summed E-state index contributed by atoms with van der Waals surface area (Å²) in [4.78, 5) is 47.2. The Morgan fingerprint density at radius 3 is 1.61 bits per heavy atom. The summed E-state index contributed by atoms with van der Waals surface area (Å²) in [6.07, 6.45) is 3.05. The average molecular weight is 684 g/mol. The van der Waals surface area contributed by atoms with E-state index in [-0.39, 0.29) is 29.4 Å². The first-order chi connectivity index (χ1) is 24.8. The van der Waals surface area contributed by atoms with E-state index in [2.05, 4.69) is 5.32 Å². The van der Waals surface area contributed by atoms with Crippen LogP contribution in [0.5, 0.6) is 0 Å². The maximum Gasteiger partial charge on any atom is 0.338 e. The molecule has 8 nitrogen and oxygen atoms in total. The third-order valence-electron chi connectivity index (χ3n) is 6.59. The maximum absolute atomic E-state index is 12.1. The third kappa shape index (κ3) is 17.3. The van der Waals surface area contributed by atoms with E-state index in [1.54, 1.807) is 67.3 Å². The topological polar surface area (TPSA) is 102 Å². The molecule has 0 spiro atoms. The molecule has 1 N–H and O–H groups in total. The van der Waals surface area contributed by atoms with E-state index in [0.29, 0.717) is 51.9 Å². The summed E-state index contributed by atoms with van der Waals surface area (Å²) in [6.45, 7) is 0.0209. The van der Waals surface area contributed by atoms with Crippen molar-refractivity contribution in [2.24, 2.45) is 11.8 Å². The molecule has 2 aromatic rings. The Bertz CT molecular complexity index is 1550. The highest BCUT2D eigenvalue weighted by Crippen LogP contribution is 2.21. The highest BCUT2D eigenvalue weighted by atomic mass is 35.5. The molecule has 2 saturated heterocycles. The van der Waals surface area contributed by atoms with Gasteiger partial charge < -0.3 is 19.7 Å². The minimum Gasteiger partial charge on any atom is -0.462 e. The lowest BCUT2D eigenvalue weighted by molar-refractivity contribution is -0.127. The van der Waals surface area contributed by atoms with Gasteiger partial charge in [-0.1, -0.05) is 48.6 Å². The highest BCUT2D eigenvalue weighted by molar-refractivity contribution is 6.66. The summed E-state index contributed by atoms with van der Waals surface area (Å²) < 4.78 is 74.1. The van der Waals surface area contributed by atoms with Crippen LogP contribution in [0.25, 0.3) is 0 Å². The molecule has 2 aliphatic heterocycles. The van der Waals surface area contributed by atoms with E-state index in [0.717, 1.165) is 0 Å². The number of benzene rings is 2. The summed E-state index contributed by atoms with van der Waals surface area (Å²) in [7, 11) is 0. The summed E-state index contributed by atoms with van der Waals surface area (Å²) >= 11 is 4.85. The number of esters is 2. The molecule has 1 amide bonds. The molecule has 0 atom stereocenters. The predicted molar refractivity (Wildman–Crippen MR) is 185 cm³/mol. The Morgan fingerprint density at radius 2 is 1.22 bits per heavy atom. The van der Waals surface area contributed by atoms with Crippen LogP contribution >= 0.6 is 24.0 Å². The van der Waals surface area contributed by atoms with Gasteiger partial charge in [0.05, 0.1) is 29.7 Å². The van der Waals surface area contributed by atoms with Crippen molar-refractivity contribution in [2.45, 2.75) is 52.3 Å². The van der Waals surface area contributed by atoms with E-state index in [4.69, 9.17) is 32.0 Å². The third-order valence-corrected chi connectivity index (χ3v) is 6.71. The largest absolute Gasteiger partial charge is 0.462 e. The van der Waals surface area contributed by atoms with Gasteiger partial charge in [-0.05, 0) is 125 Å². The molecular formula is C36H48Cl2N2O6. The second kappa shape index (κ2) is 24.7. The summed E-state index contributed by atoms with van der Waals surface area (Å²) in [5, 5.41) is 2.69. The second-order valence-corrected chi connectivity index (χ2v) is 10.3. The lowest BCUT2D eigenvalue weighted by atomic mass is 9.94. The van der Waals surface area contributed by atoms with E-state index in [1.165, 1.54) is 36.4 Å². The smallest absolute Gasteiger partial charge is 0.338 e. The van der Waals surface area contributed by atoms with Crippen molar-refractivity contribution < 1.29 is 39.6 Å². The second-order valence-electron chi connectivity index (χ2n) is 9.93. The van der Waals surface area contributed by atoms with Crippen molar-refractivity contribution in [3.05, 3.63) is 96.1 Å². The number of hydrogen-bond donors (Lipinski definition) is 1. The van der Waals surface area contributed by atoms with Crippen LogP contribution in [0.15, 0.2) is 85.0 Å². The monoisotopic (exact) mass is 682 g/mol. The minimum atomic E-state index is -2.78. The molecule has 0 radical (unpaired) electrons. The Balaban J connectivity index is 0.000000468. The fraction of sp³-hybridized carbons (Fsp3) is 0.444.